The van der Waals surface area contributed by atoms with Gasteiger partial charge in [-0.15, -0.1) is 0 Å². The molecule has 4 aromatic rings. The van der Waals surface area contributed by atoms with Crippen molar-refractivity contribution in [1.82, 2.24) is 9.97 Å². The number of anilines is 1. The van der Waals surface area contributed by atoms with Crippen molar-refractivity contribution in [2.24, 2.45) is 0 Å². The van der Waals surface area contributed by atoms with Crippen LogP contribution >= 0.6 is 0 Å². The molecule has 1 amide bonds. The van der Waals surface area contributed by atoms with E-state index in [2.05, 4.69) is 23.8 Å². The highest BCUT2D eigenvalue weighted by Crippen LogP contribution is 2.31. The summed E-state index contributed by atoms with van der Waals surface area (Å²) >= 11 is 0. The van der Waals surface area contributed by atoms with Crippen LogP contribution in [-0.2, 0) is 22.7 Å². The van der Waals surface area contributed by atoms with Crippen molar-refractivity contribution in [2.45, 2.75) is 32.6 Å². The number of sulfone groups is 1. The van der Waals surface area contributed by atoms with Crippen molar-refractivity contribution >= 4 is 21.4 Å². The third kappa shape index (κ3) is 7.58. The van der Waals surface area contributed by atoms with Gasteiger partial charge in [0, 0.05) is 28.4 Å². The summed E-state index contributed by atoms with van der Waals surface area (Å²) in [6, 6.07) is 18.1. The number of aromatic nitrogens is 2. The molecule has 0 unspecified atom stereocenters. The Kier molecular flexibility index (Phi) is 9.19. The molecular weight excluding hydrogens is 538 g/mol. The van der Waals surface area contributed by atoms with E-state index in [-0.39, 0.29) is 23.3 Å². The number of nitrogens with one attached hydrogen (secondary N) is 1. The lowest BCUT2D eigenvalue weighted by Crippen LogP contribution is -2.14. The van der Waals surface area contributed by atoms with Gasteiger partial charge in [-0.2, -0.15) is 0 Å². The fourth-order valence-corrected chi connectivity index (χ4v) is 5.20. The van der Waals surface area contributed by atoms with Crippen LogP contribution in [0.25, 0.3) is 11.3 Å². The Morgan fingerprint density at radius 3 is 2.66 bits per heavy atom. The zero-order valence-corrected chi connectivity index (χ0v) is 24.1. The maximum Gasteiger partial charge on any atom is 0.255 e. The van der Waals surface area contributed by atoms with Crippen molar-refractivity contribution in [1.29, 1.82) is 0 Å². The molecule has 0 aliphatic carbocycles. The minimum atomic E-state index is -3.28. The number of aromatic hydroxyl groups is 1. The van der Waals surface area contributed by atoms with E-state index in [0.717, 1.165) is 33.4 Å². The summed E-state index contributed by atoms with van der Waals surface area (Å²) in [5.41, 5.74) is 6.13. The molecule has 4 rings (SSSR count). The highest BCUT2D eigenvalue weighted by Gasteiger charge is 2.14. The zero-order chi connectivity index (χ0) is 29.6. The van der Waals surface area contributed by atoms with E-state index in [9.17, 15) is 18.3 Å². The van der Waals surface area contributed by atoms with Crippen LogP contribution in [0.2, 0.25) is 0 Å². The van der Waals surface area contributed by atoms with E-state index in [1.54, 1.807) is 42.7 Å². The van der Waals surface area contributed by atoms with Crippen LogP contribution in [0.5, 0.6) is 11.5 Å². The van der Waals surface area contributed by atoms with Gasteiger partial charge in [0.1, 0.15) is 0 Å². The molecular formula is C32H33N3O5S. The number of amides is 1. The zero-order valence-electron chi connectivity index (χ0n) is 23.3. The molecule has 212 valence electrons. The normalized spacial score (nSPS) is 12.0. The van der Waals surface area contributed by atoms with E-state index in [0.29, 0.717) is 35.5 Å². The smallest absolute Gasteiger partial charge is 0.255 e. The number of ether oxygens (including phenoxy) is 1. The number of rotatable bonds is 11. The molecule has 0 saturated heterocycles. The second kappa shape index (κ2) is 12.8. The fourth-order valence-electron chi connectivity index (χ4n) is 4.51. The molecule has 2 N–H and O–H groups in total. The number of benzene rings is 3. The maximum atomic E-state index is 13.1. The monoisotopic (exact) mass is 571 g/mol. The first-order valence-electron chi connectivity index (χ1n) is 13.1. The number of phenols is 1. The molecule has 0 saturated carbocycles. The molecule has 0 aliphatic rings. The molecule has 1 heterocycles. The summed E-state index contributed by atoms with van der Waals surface area (Å²) in [6.45, 7) is 7.27. The lowest BCUT2D eigenvalue weighted by atomic mass is 9.95. The highest BCUT2D eigenvalue weighted by molar-refractivity contribution is 7.94. The SMILES string of the molecule is C=CS(=O)(=O)CCc1ccc(C(=O)Nc2cccc([C@H](C)Cc3cncc(-c4ccc(O)c(OC)c4)n3)c2)c(C)c1. The van der Waals surface area contributed by atoms with Gasteiger partial charge >= 0.3 is 0 Å². The van der Waals surface area contributed by atoms with Gasteiger partial charge in [0.15, 0.2) is 21.3 Å². The summed E-state index contributed by atoms with van der Waals surface area (Å²) in [7, 11) is -1.78. The highest BCUT2D eigenvalue weighted by atomic mass is 32.2. The number of carbonyl (C=O) groups is 1. The molecule has 0 fully saturated rings. The number of nitrogens with zero attached hydrogens (tertiary/aromatic N) is 2. The molecule has 8 nitrogen and oxygen atoms in total. The first-order valence-corrected chi connectivity index (χ1v) is 14.8. The molecule has 0 spiro atoms. The largest absolute Gasteiger partial charge is 0.504 e. The Balaban J connectivity index is 1.44. The first-order chi connectivity index (χ1) is 19.6. The van der Waals surface area contributed by atoms with Crippen molar-refractivity contribution < 1.29 is 23.1 Å². The standard InChI is InChI=1S/C32H33N3O5S/c1-5-41(38,39)14-13-23-9-11-28(22(3)15-23)32(37)35-26-8-6-7-24(17-26)21(2)16-27-19-33-20-29(34-27)25-10-12-30(36)31(18-25)40-4/h5-12,15,17-21,36H,1,13-14,16H2,2-4H3,(H,35,37)/t21-/m1/s1. The van der Waals surface area contributed by atoms with Gasteiger partial charge in [-0.3, -0.25) is 9.78 Å². The van der Waals surface area contributed by atoms with E-state index >= 15 is 0 Å². The summed E-state index contributed by atoms with van der Waals surface area (Å²) in [5, 5.41) is 13.8. The molecule has 3 aromatic carbocycles. The van der Waals surface area contributed by atoms with E-state index in [1.165, 1.54) is 7.11 Å². The Labute approximate surface area is 240 Å². The van der Waals surface area contributed by atoms with Crippen molar-refractivity contribution in [3.8, 4) is 22.8 Å². The van der Waals surface area contributed by atoms with Crippen molar-refractivity contribution in [3.63, 3.8) is 0 Å². The Morgan fingerprint density at radius 1 is 1.12 bits per heavy atom. The average molecular weight is 572 g/mol. The average Bonchev–Trinajstić information content (AvgIpc) is 2.96. The lowest BCUT2D eigenvalue weighted by molar-refractivity contribution is 0.102. The summed E-state index contributed by atoms with van der Waals surface area (Å²) in [6.07, 6.45) is 4.40. The van der Waals surface area contributed by atoms with Crippen LogP contribution in [0.4, 0.5) is 5.69 Å². The molecule has 41 heavy (non-hydrogen) atoms. The Hall–Kier alpha value is -4.50. The van der Waals surface area contributed by atoms with E-state index in [1.807, 2.05) is 37.3 Å². The Bertz CT molecular complexity index is 1680. The molecule has 0 aliphatic heterocycles. The molecule has 1 aromatic heterocycles. The number of methoxy groups -OCH3 is 1. The van der Waals surface area contributed by atoms with Crippen LogP contribution in [0.3, 0.4) is 0 Å². The van der Waals surface area contributed by atoms with Gasteiger partial charge in [-0.25, -0.2) is 13.4 Å². The predicted molar refractivity (Wildman–Crippen MR) is 161 cm³/mol. The van der Waals surface area contributed by atoms with Gasteiger partial charge in [0.2, 0.25) is 0 Å². The molecule has 0 radical (unpaired) electrons. The van der Waals surface area contributed by atoms with Crippen molar-refractivity contribution in [2.75, 3.05) is 18.2 Å². The number of carbonyl (C=O) groups excluding carboxylic acids is 1. The van der Waals surface area contributed by atoms with Crippen LogP contribution in [0, 0.1) is 6.92 Å². The lowest BCUT2D eigenvalue weighted by Gasteiger charge is -2.15. The summed E-state index contributed by atoms with van der Waals surface area (Å²) < 4.78 is 28.6. The van der Waals surface area contributed by atoms with Gasteiger partial charge in [-0.05, 0) is 78.8 Å². The third-order valence-electron chi connectivity index (χ3n) is 6.85. The minimum Gasteiger partial charge on any atom is -0.504 e. The predicted octanol–water partition coefficient (Wildman–Crippen LogP) is 5.87. The van der Waals surface area contributed by atoms with E-state index < -0.39 is 9.84 Å². The minimum absolute atomic E-state index is 0.0199. The molecule has 9 heteroatoms. The first kappa shape index (κ1) is 29.5. The summed E-state index contributed by atoms with van der Waals surface area (Å²) in [4.78, 5) is 22.2. The maximum absolute atomic E-state index is 13.1. The number of phenolic OH excluding ortho intramolecular Hbond substituents is 1. The van der Waals surface area contributed by atoms with Gasteiger partial charge < -0.3 is 15.2 Å². The van der Waals surface area contributed by atoms with Gasteiger partial charge in [-0.1, -0.05) is 37.8 Å². The topological polar surface area (TPSA) is 118 Å². The number of aryl methyl sites for hydroxylation is 2. The van der Waals surface area contributed by atoms with E-state index in [4.69, 9.17) is 9.72 Å². The number of hydrogen-bond acceptors (Lipinski definition) is 7. The molecule has 1 atom stereocenters. The van der Waals surface area contributed by atoms with Crippen LogP contribution < -0.4 is 10.1 Å². The van der Waals surface area contributed by atoms with Crippen molar-refractivity contribution in [3.05, 3.63) is 113 Å². The summed E-state index contributed by atoms with van der Waals surface area (Å²) in [5.74, 6) is 0.268. The van der Waals surface area contributed by atoms with Crippen LogP contribution in [0.1, 0.15) is 45.6 Å². The second-order valence-electron chi connectivity index (χ2n) is 9.90. The van der Waals surface area contributed by atoms with Crippen LogP contribution in [0.15, 0.2) is 85.0 Å². The Morgan fingerprint density at radius 2 is 1.93 bits per heavy atom. The van der Waals surface area contributed by atoms with Gasteiger partial charge in [0.05, 0.1) is 30.4 Å². The quantitative estimate of drug-likeness (QED) is 0.231. The van der Waals surface area contributed by atoms with Crippen LogP contribution in [-0.4, -0.2) is 42.3 Å². The fraction of sp³-hybridized carbons (Fsp3) is 0.219. The third-order valence-corrected chi connectivity index (χ3v) is 8.13. The number of hydrogen-bond donors (Lipinski definition) is 2. The van der Waals surface area contributed by atoms with Gasteiger partial charge in [0.25, 0.3) is 5.91 Å². The second-order valence-corrected chi connectivity index (χ2v) is 12.0. The molecule has 0 bridgehead atoms.